The van der Waals surface area contributed by atoms with E-state index in [1.807, 2.05) is 47.0 Å². The van der Waals surface area contributed by atoms with Gasteiger partial charge in [0.2, 0.25) is 0 Å². The van der Waals surface area contributed by atoms with E-state index < -0.39 is 0 Å². The van der Waals surface area contributed by atoms with Gasteiger partial charge in [-0.25, -0.2) is 5.43 Å². The number of nitrogens with one attached hydrogen (secondary N) is 1. The molecule has 0 aliphatic carbocycles. The standard InChI is InChI=1S/C26H25N5O5S/c1-34-21-12-10-18(14-23(21)36-3)25-29-30-26(31(25)19-7-5-4-6-8-19)37-16-24(33)28-27-15-17-9-11-20(32)22(13-17)35-2/h4-15,32H,16H2,1-3H3,(H,28,33)/b27-15-. The molecule has 0 aliphatic heterocycles. The first-order valence-corrected chi connectivity index (χ1v) is 12.1. The van der Waals surface area contributed by atoms with Crippen LogP contribution in [0.1, 0.15) is 5.56 Å². The molecule has 190 valence electrons. The minimum atomic E-state index is -0.317. The molecule has 0 saturated carbocycles. The molecule has 0 fully saturated rings. The number of methoxy groups -OCH3 is 3. The molecular weight excluding hydrogens is 494 g/mol. The smallest absolute Gasteiger partial charge is 0.250 e. The molecule has 0 radical (unpaired) electrons. The van der Waals surface area contributed by atoms with Crippen LogP contribution < -0.4 is 19.6 Å². The highest BCUT2D eigenvalue weighted by atomic mass is 32.2. The SMILES string of the molecule is COc1cc(/C=N\NC(=O)CSc2nnc(-c3ccc(OC)c(OC)c3)n2-c2ccccc2)ccc1O. The van der Waals surface area contributed by atoms with Gasteiger partial charge in [-0.1, -0.05) is 30.0 Å². The summed E-state index contributed by atoms with van der Waals surface area (Å²) in [5.41, 5.74) is 4.78. The van der Waals surface area contributed by atoms with Crippen molar-refractivity contribution in [3.63, 3.8) is 0 Å². The molecule has 2 N–H and O–H groups in total. The summed E-state index contributed by atoms with van der Waals surface area (Å²) in [6, 6.07) is 19.9. The molecule has 1 aromatic heterocycles. The molecule has 4 aromatic rings. The molecule has 10 nitrogen and oxygen atoms in total. The predicted molar refractivity (Wildman–Crippen MR) is 141 cm³/mol. The second-order valence-corrected chi connectivity index (χ2v) is 8.50. The Kier molecular flexibility index (Phi) is 8.26. The fourth-order valence-electron chi connectivity index (χ4n) is 3.45. The van der Waals surface area contributed by atoms with E-state index in [-0.39, 0.29) is 17.4 Å². The van der Waals surface area contributed by atoms with Gasteiger partial charge in [0.25, 0.3) is 5.91 Å². The number of para-hydroxylation sites is 1. The van der Waals surface area contributed by atoms with Crippen molar-refractivity contribution in [2.24, 2.45) is 5.10 Å². The van der Waals surface area contributed by atoms with Crippen LogP contribution in [0.3, 0.4) is 0 Å². The number of amides is 1. The lowest BCUT2D eigenvalue weighted by atomic mass is 10.2. The first-order chi connectivity index (χ1) is 18.0. The van der Waals surface area contributed by atoms with E-state index in [1.165, 1.54) is 31.2 Å². The Hall–Kier alpha value is -4.51. The van der Waals surface area contributed by atoms with Gasteiger partial charge in [-0.3, -0.25) is 9.36 Å². The van der Waals surface area contributed by atoms with E-state index in [2.05, 4.69) is 20.7 Å². The zero-order chi connectivity index (χ0) is 26.2. The Morgan fingerprint density at radius 1 is 0.973 bits per heavy atom. The van der Waals surface area contributed by atoms with Gasteiger partial charge in [0.15, 0.2) is 34.0 Å². The van der Waals surface area contributed by atoms with Gasteiger partial charge >= 0.3 is 0 Å². The summed E-state index contributed by atoms with van der Waals surface area (Å²) in [6.45, 7) is 0. The number of phenolic OH excluding ortho intramolecular Hbond substituents is 1. The van der Waals surface area contributed by atoms with Gasteiger partial charge in [-0.15, -0.1) is 10.2 Å². The summed E-state index contributed by atoms with van der Waals surface area (Å²) in [4.78, 5) is 12.5. The first kappa shape index (κ1) is 25.6. The minimum Gasteiger partial charge on any atom is -0.504 e. The maximum atomic E-state index is 12.5. The van der Waals surface area contributed by atoms with Crippen molar-refractivity contribution >= 4 is 23.9 Å². The third-order valence-electron chi connectivity index (χ3n) is 5.23. The number of aromatic nitrogens is 3. The molecule has 0 atom stereocenters. The summed E-state index contributed by atoms with van der Waals surface area (Å²) in [7, 11) is 4.61. The Morgan fingerprint density at radius 3 is 2.46 bits per heavy atom. The van der Waals surface area contributed by atoms with E-state index in [1.54, 1.807) is 32.4 Å². The van der Waals surface area contributed by atoms with Crippen LogP contribution in [-0.4, -0.2) is 59.1 Å². The molecule has 37 heavy (non-hydrogen) atoms. The lowest BCUT2D eigenvalue weighted by molar-refractivity contribution is -0.118. The first-order valence-electron chi connectivity index (χ1n) is 11.1. The van der Waals surface area contributed by atoms with Crippen molar-refractivity contribution < 1.29 is 24.1 Å². The van der Waals surface area contributed by atoms with Gasteiger partial charge in [0.05, 0.1) is 33.3 Å². The number of hydrogen-bond acceptors (Lipinski definition) is 9. The zero-order valence-corrected chi connectivity index (χ0v) is 21.2. The predicted octanol–water partition coefficient (Wildman–Crippen LogP) is 3.91. The number of nitrogens with zero attached hydrogens (tertiary/aromatic N) is 4. The quantitative estimate of drug-likeness (QED) is 0.184. The molecule has 1 amide bonds. The van der Waals surface area contributed by atoms with E-state index >= 15 is 0 Å². The van der Waals surface area contributed by atoms with Crippen LogP contribution in [-0.2, 0) is 4.79 Å². The summed E-state index contributed by atoms with van der Waals surface area (Å²) in [6.07, 6.45) is 1.46. The number of rotatable bonds is 10. The van der Waals surface area contributed by atoms with Crippen LogP contribution in [0.15, 0.2) is 77.0 Å². The van der Waals surface area contributed by atoms with Gasteiger partial charge in [0.1, 0.15) is 0 Å². The van der Waals surface area contributed by atoms with Crippen LogP contribution in [0.25, 0.3) is 17.1 Å². The van der Waals surface area contributed by atoms with Crippen LogP contribution in [0, 0.1) is 0 Å². The molecule has 0 saturated heterocycles. The topological polar surface area (TPSA) is 120 Å². The van der Waals surface area contributed by atoms with Crippen molar-refractivity contribution in [3.8, 4) is 40.1 Å². The van der Waals surface area contributed by atoms with Gasteiger partial charge in [0, 0.05) is 11.3 Å². The monoisotopic (exact) mass is 519 g/mol. The van der Waals surface area contributed by atoms with Crippen LogP contribution >= 0.6 is 11.8 Å². The van der Waals surface area contributed by atoms with Crippen molar-refractivity contribution in [1.82, 2.24) is 20.2 Å². The molecule has 0 spiro atoms. The Morgan fingerprint density at radius 2 is 1.73 bits per heavy atom. The van der Waals surface area contributed by atoms with Gasteiger partial charge in [-0.2, -0.15) is 5.10 Å². The summed E-state index contributed by atoms with van der Waals surface area (Å²) >= 11 is 1.23. The highest BCUT2D eigenvalue weighted by Gasteiger charge is 2.18. The number of hydrogen-bond donors (Lipinski definition) is 2. The zero-order valence-electron chi connectivity index (χ0n) is 20.4. The molecular formula is C26H25N5O5S. The summed E-state index contributed by atoms with van der Waals surface area (Å²) < 4.78 is 17.7. The van der Waals surface area contributed by atoms with Crippen LogP contribution in [0.5, 0.6) is 23.0 Å². The Bertz CT molecular complexity index is 1410. The number of carbonyl (C=O) groups is 1. The highest BCUT2D eigenvalue weighted by Crippen LogP contribution is 2.34. The maximum Gasteiger partial charge on any atom is 0.250 e. The molecule has 0 aliphatic rings. The van der Waals surface area contributed by atoms with Crippen molar-refractivity contribution in [2.45, 2.75) is 5.16 Å². The number of benzene rings is 3. The van der Waals surface area contributed by atoms with E-state index in [4.69, 9.17) is 14.2 Å². The normalized spacial score (nSPS) is 10.9. The third kappa shape index (κ3) is 6.01. The van der Waals surface area contributed by atoms with Crippen LogP contribution in [0.2, 0.25) is 0 Å². The van der Waals surface area contributed by atoms with Gasteiger partial charge in [-0.05, 0) is 54.1 Å². The van der Waals surface area contributed by atoms with Crippen molar-refractivity contribution in [1.29, 1.82) is 0 Å². The second-order valence-electron chi connectivity index (χ2n) is 7.56. The second kappa shape index (κ2) is 12.0. The summed E-state index contributed by atoms with van der Waals surface area (Å²) in [5, 5.41) is 23.0. The molecule has 11 heteroatoms. The number of thioether (sulfide) groups is 1. The Labute approximate surface area is 217 Å². The fourth-order valence-corrected chi connectivity index (χ4v) is 4.20. The number of aromatic hydroxyl groups is 1. The largest absolute Gasteiger partial charge is 0.504 e. The van der Waals surface area contributed by atoms with E-state index in [0.29, 0.717) is 33.8 Å². The molecule has 3 aromatic carbocycles. The maximum absolute atomic E-state index is 12.5. The van der Waals surface area contributed by atoms with Crippen molar-refractivity contribution in [3.05, 3.63) is 72.3 Å². The number of carbonyl (C=O) groups excluding carboxylic acids is 1. The van der Waals surface area contributed by atoms with E-state index in [9.17, 15) is 9.90 Å². The third-order valence-corrected chi connectivity index (χ3v) is 6.16. The average Bonchev–Trinajstić information content (AvgIpc) is 3.36. The minimum absolute atomic E-state index is 0.0232. The number of hydrazone groups is 1. The van der Waals surface area contributed by atoms with E-state index in [0.717, 1.165) is 11.3 Å². The molecule has 0 bridgehead atoms. The average molecular weight is 520 g/mol. The van der Waals surface area contributed by atoms with Crippen LogP contribution in [0.4, 0.5) is 0 Å². The highest BCUT2D eigenvalue weighted by molar-refractivity contribution is 7.99. The molecule has 0 unspecified atom stereocenters. The van der Waals surface area contributed by atoms with Gasteiger partial charge < -0.3 is 19.3 Å². The number of phenols is 1. The van der Waals surface area contributed by atoms with Crippen molar-refractivity contribution in [2.75, 3.05) is 27.1 Å². The molecule has 4 rings (SSSR count). The number of ether oxygens (including phenoxy) is 3. The fraction of sp³-hybridized carbons (Fsp3) is 0.154. The Balaban J connectivity index is 1.52. The summed E-state index contributed by atoms with van der Waals surface area (Å²) in [5.74, 6) is 1.85. The molecule has 1 heterocycles. The lowest BCUT2D eigenvalue weighted by Crippen LogP contribution is -2.20. The lowest BCUT2D eigenvalue weighted by Gasteiger charge is -2.12.